The molecule has 9 nitrogen and oxygen atoms in total. The molecule has 2 amide bonds. The van der Waals surface area contributed by atoms with Gasteiger partial charge in [0.15, 0.2) is 6.61 Å². The zero-order valence-electron chi connectivity index (χ0n) is 18.3. The van der Waals surface area contributed by atoms with Crippen LogP contribution in [0.3, 0.4) is 0 Å². The fourth-order valence-electron chi connectivity index (χ4n) is 4.04. The Morgan fingerprint density at radius 2 is 1.97 bits per heavy atom. The van der Waals surface area contributed by atoms with Crippen molar-refractivity contribution in [2.45, 2.75) is 19.4 Å². The summed E-state index contributed by atoms with van der Waals surface area (Å²) in [4.78, 5) is 26.1. The molecule has 33 heavy (non-hydrogen) atoms. The molecule has 1 aromatic heterocycles. The second-order valence-electron chi connectivity index (χ2n) is 7.65. The van der Waals surface area contributed by atoms with E-state index in [1.807, 2.05) is 25.1 Å². The van der Waals surface area contributed by atoms with E-state index in [4.69, 9.17) is 15.2 Å². The Balaban J connectivity index is 1.72. The molecule has 1 atom stereocenters. The highest BCUT2D eigenvalue weighted by atomic mass is 16.5. The summed E-state index contributed by atoms with van der Waals surface area (Å²) in [5.41, 5.74) is 8.19. The van der Waals surface area contributed by atoms with Crippen LogP contribution < -0.4 is 10.5 Å². The number of carbonyl (C=O) groups excluding carboxylic acids is 2. The molecule has 0 fully saturated rings. The molecule has 0 spiro atoms. The molecule has 2 heterocycles. The number of hydrogen-bond acceptors (Lipinski definition) is 6. The highest BCUT2D eigenvalue weighted by molar-refractivity contribution is 6.00. The summed E-state index contributed by atoms with van der Waals surface area (Å²) >= 11 is 0. The number of phenols is 1. The molecule has 0 aliphatic carbocycles. The number of rotatable bonds is 10. The van der Waals surface area contributed by atoms with E-state index >= 15 is 0 Å². The number of fused-ring (bicyclic) bond motifs is 1. The third-order valence-electron chi connectivity index (χ3n) is 5.49. The third-order valence-corrected chi connectivity index (χ3v) is 5.49. The number of para-hydroxylation sites is 1. The molecule has 4 N–H and O–H groups in total. The van der Waals surface area contributed by atoms with Crippen LogP contribution in [0.25, 0.3) is 11.3 Å². The van der Waals surface area contributed by atoms with Crippen LogP contribution in [0.2, 0.25) is 0 Å². The van der Waals surface area contributed by atoms with E-state index in [1.54, 1.807) is 35.2 Å². The van der Waals surface area contributed by atoms with E-state index in [0.29, 0.717) is 54.4 Å². The lowest BCUT2D eigenvalue weighted by Crippen LogP contribution is -2.31. The van der Waals surface area contributed by atoms with Gasteiger partial charge in [-0.05, 0) is 43.2 Å². The smallest absolute Gasteiger partial charge is 0.273 e. The number of benzene rings is 2. The van der Waals surface area contributed by atoms with Crippen molar-refractivity contribution < 1.29 is 24.2 Å². The first-order valence-electron chi connectivity index (χ1n) is 10.8. The van der Waals surface area contributed by atoms with Gasteiger partial charge < -0.3 is 25.2 Å². The molecule has 0 saturated carbocycles. The molecule has 9 heteroatoms. The van der Waals surface area contributed by atoms with Crippen LogP contribution in [0.1, 0.15) is 41.0 Å². The SMILES string of the molecule is CCOCCCN1C(=O)c2[nH]nc(-c3ccccc3O)c2C1c1ccc(OCC(N)=O)cc1. The Morgan fingerprint density at radius 3 is 2.67 bits per heavy atom. The molecule has 1 aliphatic heterocycles. The Kier molecular flexibility index (Phi) is 6.60. The van der Waals surface area contributed by atoms with E-state index in [-0.39, 0.29) is 18.3 Å². The summed E-state index contributed by atoms with van der Waals surface area (Å²) < 4.78 is 10.8. The van der Waals surface area contributed by atoms with E-state index in [2.05, 4.69) is 10.2 Å². The normalized spacial score (nSPS) is 15.0. The van der Waals surface area contributed by atoms with Crippen molar-refractivity contribution >= 4 is 11.8 Å². The molecule has 0 bridgehead atoms. The number of aromatic amines is 1. The predicted molar refractivity (Wildman–Crippen MR) is 121 cm³/mol. The predicted octanol–water partition coefficient (Wildman–Crippen LogP) is 2.62. The van der Waals surface area contributed by atoms with Gasteiger partial charge in [0.2, 0.25) is 0 Å². The second-order valence-corrected chi connectivity index (χ2v) is 7.65. The number of nitrogens with zero attached hydrogens (tertiary/aromatic N) is 2. The van der Waals surface area contributed by atoms with E-state index in [0.717, 1.165) is 5.56 Å². The maximum absolute atomic E-state index is 13.3. The average molecular weight is 450 g/mol. The van der Waals surface area contributed by atoms with Crippen LogP contribution in [-0.2, 0) is 9.53 Å². The highest BCUT2D eigenvalue weighted by Gasteiger charge is 2.42. The highest BCUT2D eigenvalue weighted by Crippen LogP contribution is 2.44. The Morgan fingerprint density at radius 1 is 1.21 bits per heavy atom. The summed E-state index contributed by atoms with van der Waals surface area (Å²) in [7, 11) is 0. The lowest BCUT2D eigenvalue weighted by molar-refractivity contribution is -0.119. The minimum Gasteiger partial charge on any atom is -0.507 e. The van der Waals surface area contributed by atoms with Gasteiger partial charge in [-0.25, -0.2) is 0 Å². The molecule has 1 aliphatic rings. The topological polar surface area (TPSA) is 131 Å². The molecule has 4 rings (SSSR count). The number of nitrogens with one attached hydrogen (secondary N) is 1. The minimum absolute atomic E-state index is 0.0861. The molecule has 3 aromatic rings. The van der Waals surface area contributed by atoms with Crippen LogP contribution in [0, 0.1) is 0 Å². The first-order valence-corrected chi connectivity index (χ1v) is 10.8. The fraction of sp³-hybridized carbons (Fsp3) is 0.292. The van der Waals surface area contributed by atoms with Crippen molar-refractivity contribution in [2.24, 2.45) is 5.73 Å². The number of aromatic hydroxyl groups is 1. The molecule has 2 aromatic carbocycles. The van der Waals surface area contributed by atoms with Gasteiger partial charge in [0, 0.05) is 30.9 Å². The molecule has 0 saturated heterocycles. The summed E-state index contributed by atoms with van der Waals surface area (Å²) in [6.07, 6.45) is 0.680. The van der Waals surface area contributed by atoms with E-state index in [1.165, 1.54) is 0 Å². The molecular weight excluding hydrogens is 424 g/mol. The lowest BCUT2D eigenvalue weighted by Gasteiger charge is -2.26. The van der Waals surface area contributed by atoms with Crippen molar-refractivity contribution in [3.8, 4) is 22.8 Å². The van der Waals surface area contributed by atoms with Crippen LogP contribution in [-0.4, -0.2) is 58.4 Å². The summed E-state index contributed by atoms with van der Waals surface area (Å²) in [6, 6.07) is 13.7. The molecule has 0 radical (unpaired) electrons. The van der Waals surface area contributed by atoms with Gasteiger partial charge in [0.1, 0.15) is 22.9 Å². The zero-order chi connectivity index (χ0) is 23.4. The van der Waals surface area contributed by atoms with Gasteiger partial charge in [0.25, 0.3) is 11.8 Å². The summed E-state index contributed by atoms with van der Waals surface area (Å²) in [6.45, 7) is 3.37. The molecule has 1 unspecified atom stereocenters. The maximum atomic E-state index is 13.3. The van der Waals surface area contributed by atoms with Gasteiger partial charge in [-0.3, -0.25) is 14.7 Å². The third kappa shape index (κ3) is 4.54. The lowest BCUT2D eigenvalue weighted by atomic mass is 9.95. The standard InChI is InChI=1S/C24H26N4O5/c1-2-32-13-5-12-28-23(15-8-10-16(11-9-15)33-14-19(25)30)20-21(26-27-22(20)24(28)31)17-6-3-4-7-18(17)29/h3-4,6-11,23,29H,2,5,12-14H2,1H3,(H2,25,30)(H,26,27). The summed E-state index contributed by atoms with van der Waals surface area (Å²) in [5.74, 6) is -0.132. The van der Waals surface area contributed by atoms with Gasteiger partial charge in [-0.2, -0.15) is 5.10 Å². The minimum atomic E-state index is -0.559. The molecule has 172 valence electrons. The van der Waals surface area contributed by atoms with Crippen LogP contribution in [0.5, 0.6) is 11.5 Å². The number of hydrogen-bond donors (Lipinski definition) is 3. The molecular formula is C24H26N4O5. The van der Waals surface area contributed by atoms with Gasteiger partial charge in [-0.15, -0.1) is 0 Å². The Labute approximate surface area is 191 Å². The first-order chi connectivity index (χ1) is 16.0. The second kappa shape index (κ2) is 9.74. The number of aromatic nitrogens is 2. The Hall–Kier alpha value is -3.85. The van der Waals surface area contributed by atoms with Crippen molar-refractivity contribution in [1.82, 2.24) is 15.1 Å². The first kappa shape index (κ1) is 22.3. The van der Waals surface area contributed by atoms with E-state index in [9.17, 15) is 14.7 Å². The number of carbonyl (C=O) groups is 2. The number of nitrogens with two attached hydrogens (primary N) is 1. The van der Waals surface area contributed by atoms with Crippen molar-refractivity contribution in [2.75, 3.05) is 26.4 Å². The van der Waals surface area contributed by atoms with Crippen molar-refractivity contribution in [3.63, 3.8) is 0 Å². The number of amides is 2. The van der Waals surface area contributed by atoms with Crippen LogP contribution in [0.15, 0.2) is 48.5 Å². The summed E-state index contributed by atoms with van der Waals surface area (Å²) in [5, 5.41) is 17.7. The number of phenolic OH excluding ortho intramolecular Hbond substituents is 1. The fourth-order valence-corrected chi connectivity index (χ4v) is 4.04. The maximum Gasteiger partial charge on any atom is 0.273 e. The van der Waals surface area contributed by atoms with Crippen molar-refractivity contribution in [3.05, 3.63) is 65.4 Å². The van der Waals surface area contributed by atoms with Crippen molar-refractivity contribution in [1.29, 1.82) is 0 Å². The number of H-pyrrole nitrogens is 1. The zero-order valence-corrected chi connectivity index (χ0v) is 18.3. The number of primary amides is 1. The average Bonchev–Trinajstić information content (AvgIpc) is 3.35. The monoisotopic (exact) mass is 450 g/mol. The van der Waals surface area contributed by atoms with Crippen LogP contribution >= 0.6 is 0 Å². The quantitative estimate of drug-likeness (QED) is 0.407. The number of ether oxygens (including phenoxy) is 2. The van der Waals surface area contributed by atoms with Crippen LogP contribution in [0.4, 0.5) is 0 Å². The van der Waals surface area contributed by atoms with Gasteiger partial charge in [0.05, 0.1) is 6.04 Å². The van der Waals surface area contributed by atoms with E-state index < -0.39 is 11.9 Å². The van der Waals surface area contributed by atoms with Gasteiger partial charge >= 0.3 is 0 Å². The largest absolute Gasteiger partial charge is 0.507 e. The Bertz CT molecular complexity index is 1140. The van der Waals surface area contributed by atoms with Gasteiger partial charge in [-0.1, -0.05) is 24.3 Å².